The molecule has 0 saturated carbocycles. The Balaban J connectivity index is 3.15. The molecule has 0 unspecified atom stereocenters. The van der Waals surface area contributed by atoms with Gasteiger partial charge in [-0.05, 0) is 19.3 Å². The normalized spacial score (nSPS) is 10.2. The summed E-state index contributed by atoms with van der Waals surface area (Å²) in [6.45, 7) is 8.30. The summed E-state index contributed by atoms with van der Waals surface area (Å²) in [4.78, 5) is 10.6. The molecule has 0 fully saturated rings. The van der Waals surface area contributed by atoms with Gasteiger partial charge in [-0.15, -0.1) is 6.58 Å². The van der Waals surface area contributed by atoms with Crippen molar-refractivity contribution in [3.63, 3.8) is 0 Å². The van der Waals surface area contributed by atoms with Crippen molar-refractivity contribution >= 4 is 5.97 Å². The Kier molecular flexibility index (Phi) is 10.7. The fourth-order valence-electron chi connectivity index (χ4n) is 0.963. The second-order valence-corrected chi connectivity index (χ2v) is 3.11. The van der Waals surface area contributed by atoms with E-state index >= 15 is 0 Å². The molecule has 0 heterocycles. The van der Waals surface area contributed by atoms with E-state index in [0.29, 0.717) is 13.2 Å². The minimum Gasteiger partial charge on any atom is -0.460 e. The van der Waals surface area contributed by atoms with Gasteiger partial charge in [0, 0.05) is 6.08 Å². The first-order valence-electron chi connectivity index (χ1n) is 5.44. The number of ether oxygens (including phenoxy) is 2. The van der Waals surface area contributed by atoms with Crippen molar-refractivity contribution in [3.05, 3.63) is 37.5 Å². The lowest BCUT2D eigenvalue weighted by Crippen LogP contribution is -2.08. The standard InChI is InChI=1S/C13H20O3/c1-3-5-6-7-8-9-10-15-11-12-16-13(14)4-2/h3-4,7-8H,1-2,5-6,9-12H2/b8-7+. The number of unbranched alkanes of at least 4 members (excludes halogenated alkanes) is 1. The highest BCUT2D eigenvalue weighted by atomic mass is 16.6. The van der Waals surface area contributed by atoms with E-state index in [1.807, 2.05) is 6.08 Å². The van der Waals surface area contributed by atoms with Crippen molar-refractivity contribution < 1.29 is 14.3 Å². The molecular formula is C13H20O3. The van der Waals surface area contributed by atoms with Crippen LogP contribution in [0.2, 0.25) is 0 Å². The van der Waals surface area contributed by atoms with Crippen LogP contribution in [0, 0.1) is 0 Å². The molecule has 0 aliphatic heterocycles. The van der Waals surface area contributed by atoms with Gasteiger partial charge in [-0.25, -0.2) is 4.79 Å². The van der Waals surface area contributed by atoms with E-state index in [0.717, 1.165) is 25.3 Å². The minimum absolute atomic E-state index is 0.283. The van der Waals surface area contributed by atoms with Gasteiger partial charge in [0.25, 0.3) is 0 Å². The summed E-state index contributed by atoms with van der Waals surface area (Å²) in [6.07, 6.45) is 10.2. The van der Waals surface area contributed by atoms with Crippen LogP contribution >= 0.6 is 0 Å². The van der Waals surface area contributed by atoms with Crippen LogP contribution in [0.15, 0.2) is 37.5 Å². The number of hydrogen-bond donors (Lipinski definition) is 0. The molecule has 0 bridgehead atoms. The fourth-order valence-corrected chi connectivity index (χ4v) is 0.963. The highest BCUT2D eigenvalue weighted by molar-refractivity contribution is 5.81. The van der Waals surface area contributed by atoms with Crippen molar-refractivity contribution in [3.8, 4) is 0 Å². The lowest BCUT2D eigenvalue weighted by molar-refractivity contribution is -0.139. The molecule has 0 amide bonds. The molecule has 0 aromatic carbocycles. The van der Waals surface area contributed by atoms with Gasteiger partial charge >= 0.3 is 5.97 Å². The molecule has 0 atom stereocenters. The molecule has 0 saturated heterocycles. The number of hydrogen-bond acceptors (Lipinski definition) is 3. The first-order valence-corrected chi connectivity index (χ1v) is 5.44. The molecule has 0 radical (unpaired) electrons. The lowest BCUT2D eigenvalue weighted by Gasteiger charge is -2.02. The van der Waals surface area contributed by atoms with Gasteiger partial charge in [-0.3, -0.25) is 0 Å². The number of allylic oxidation sites excluding steroid dienone is 2. The Morgan fingerprint density at radius 3 is 2.44 bits per heavy atom. The monoisotopic (exact) mass is 224 g/mol. The van der Waals surface area contributed by atoms with Gasteiger partial charge in [0.2, 0.25) is 0 Å². The minimum atomic E-state index is -0.409. The van der Waals surface area contributed by atoms with Crippen molar-refractivity contribution in [2.45, 2.75) is 19.3 Å². The average molecular weight is 224 g/mol. The molecule has 90 valence electrons. The third kappa shape index (κ3) is 10.7. The molecule has 0 aromatic rings. The lowest BCUT2D eigenvalue weighted by atomic mass is 10.2. The van der Waals surface area contributed by atoms with Crippen LogP contribution in [-0.4, -0.2) is 25.8 Å². The summed E-state index contributed by atoms with van der Waals surface area (Å²) in [5.74, 6) is -0.409. The molecule has 3 nitrogen and oxygen atoms in total. The maximum atomic E-state index is 10.6. The number of carbonyl (C=O) groups excluding carboxylic acids is 1. The summed E-state index contributed by atoms with van der Waals surface area (Å²) < 4.78 is 9.99. The zero-order valence-corrected chi connectivity index (χ0v) is 9.69. The van der Waals surface area contributed by atoms with Crippen molar-refractivity contribution in [1.29, 1.82) is 0 Å². The molecule has 0 aliphatic carbocycles. The number of carbonyl (C=O) groups is 1. The summed E-state index contributed by atoms with van der Waals surface area (Å²) >= 11 is 0. The number of rotatable bonds is 10. The highest BCUT2D eigenvalue weighted by Crippen LogP contribution is 1.93. The third-order valence-electron chi connectivity index (χ3n) is 1.77. The molecule has 0 N–H and O–H groups in total. The van der Waals surface area contributed by atoms with E-state index in [9.17, 15) is 4.79 Å². The van der Waals surface area contributed by atoms with E-state index in [1.54, 1.807) is 0 Å². The SMILES string of the molecule is C=CCC/C=C/CCOCCOC(=O)C=C. The van der Waals surface area contributed by atoms with Crippen LogP contribution in [0.25, 0.3) is 0 Å². The summed E-state index contributed by atoms with van der Waals surface area (Å²) in [6, 6.07) is 0. The third-order valence-corrected chi connectivity index (χ3v) is 1.77. The van der Waals surface area contributed by atoms with Gasteiger partial charge < -0.3 is 9.47 Å². The van der Waals surface area contributed by atoms with E-state index in [2.05, 4.69) is 25.3 Å². The van der Waals surface area contributed by atoms with Crippen LogP contribution in [-0.2, 0) is 14.3 Å². The molecule has 0 rings (SSSR count). The summed E-state index contributed by atoms with van der Waals surface area (Å²) in [7, 11) is 0. The van der Waals surface area contributed by atoms with Gasteiger partial charge in [-0.1, -0.05) is 24.8 Å². The zero-order chi connectivity index (χ0) is 12.1. The Bertz CT molecular complexity index is 231. The summed E-state index contributed by atoms with van der Waals surface area (Å²) in [5.41, 5.74) is 0. The van der Waals surface area contributed by atoms with Crippen LogP contribution in [0.3, 0.4) is 0 Å². The van der Waals surface area contributed by atoms with Gasteiger partial charge in [0.1, 0.15) is 6.61 Å². The largest absolute Gasteiger partial charge is 0.460 e. The molecule has 0 aromatic heterocycles. The molecule has 0 spiro atoms. The predicted molar refractivity (Wildman–Crippen MR) is 65.2 cm³/mol. The maximum Gasteiger partial charge on any atom is 0.330 e. The van der Waals surface area contributed by atoms with E-state index < -0.39 is 5.97 Å². The van der Waals surface area contributed by atoms with Gasteiger partial charge in [-0.2, -0.15) is 0 Å². The Morgan fingerprint density at radius 2 is 1.75 bits per heavy atom. The molecule has 16 heavy (non-hydrogen) atoms. The van der Waals surface area contributed by atoms with Crippen LogP contribution in [0.5, 0.6) is 0 Å². The van der Waals surface area contributed by atoms with Crippen molar-refractivity contribution in [1.82, 2.24) is 0 Å². The Labute approximate surface area is 97.4 Å². The van der Waals surface area contributed by atoms with E-state index in [1.165, 1.54) is 0 Å². The second-order valence-electron chi connectivity index (χ2n) is 3.11. The van der Waals surface area contributed by atoms with Crippen molar-refractivity contribution in [2.24, 2.45) is 0 Å². The van der Waals surface area contributed by atoms with Crippen LogP contribution < -0.4 is 0 Å². The quantitative estimate of drug-likeness (QED) is 0.248. The maximum absolute atomic E-state index is 10.6. The zero-order valence-electron chi connectivity index (χ0n) is 9.69. The van der Waals surface area contributed by atoms with Gasteiger partial charge in [0.05, 0.1) is 13.2 Å². The van der Waals surface area contributed by atoms with Crippen LogP contribution in [0.1, 0.15) is 19.3 Å². The Hall–Kier alpha value is -1.35. The Morgan fingerprint density at radius 1 is 1.00 bits per heavy atom. The average Bonchev–Trinajstić information content (AvgIpc) is 2.31. The molecule has 3 heteroatoms. The van der Waals surface area contributed by atoms with Gasteiger partial charge in [0.15, 0.2) is 0 Å². The summed E-state index contributed by atoms with van der Waals surface area (Å²) in [5, 5.41) is 0. The first-order chi connectivity index (χ1) is 7.81. The molecule has 0 aliphatic rings. The smallest absolute Gasteiger partial charge is 0.330 e. The fraction of sp³-hybridized carbons (Fsp3) is 0.462. The number of esters is 1. The van der Waals surface area contributed by atoms with E-state index in [4.69, 9.17) is 9.47 Å². The second kappa shape index (κ2) is 11.7. The van der Waals surface area contributed by atoms with Crippen molar-refractivity contribution in [2.75, 3.05) is 19.8 Å². The molecular weight excluding hydrogens is 204 g/mol. The topological polar surface area (TPSA) is 35.5 Å². The first kappa shape index (κ1) is 14.6. The highest BCUT2D eigenvalue weighted by Gasteiger charge is 1.93. The predicted octanol–water partition coefficient (Wildman–Crippen LogP) is 2.64. The van der Waals surface area contributed by atoms with Crippen LogP contribution in [0.4, 0.5) is 0 Å². The van der Waals surface area contributed by atoms with E-state index in [-0.39, 0.29) is 6.61 Å².